The molecule has 0 radical (unpaired) electrons. The molecule has 0 aliphatic rings. The molecule has 19 heavy (non-hydrogen) atoms. The molecule has 1 heterocycles. The van der Waals surface area contributed by atoms with Gasteiger partial charge in [0.25, 0.3) is 0 Å². The van der Waals surface area contributed by atoms with Gasteiger partial charge in [-0.25, -0.2) is 0 Å². The highest BCUT2D eigenvalue weighted by molar-refractivity contribution is 7.07. The van der Waals surface area contributed by atoms with E-state index in [2.05, 4.69) is 35.1 Å². The van der Waals surface area contributed by atoms with E-state index in [0.717, 1.165) is 18.0 Å². The SMILES string of the molecule is COc1ccc(CNC(C)c2ccsc2)cc1OC. The molecule has 1 N–H and O–H groups in total. The van der Waals surface area contributed by atoms with Gasteiger partial charge in [-0.15, -0.1) is 0 Å². The zero-order valence-electron chi connectivity index (χ0n) is 11.5. The molecular formula is C15H19NO2S. The Morgan fingerprint density at radius 1 is 1.16 bits per heavy atom. The molecule has 0 amide bonds. The minimum Gasteiger partial charge on any atom is -0.493 e. The predicted molar refractivity (Wildman–Crippen MR) is 79.1 cm³/mol. The summed E-state index contributed by atoms with van der Waals surface area (Å²) in [5.41, 5.74) is 2.50. The van der Waals surface area contributed by atoms with Crippen molar-refractivity contribution in [2.75, 3.05) is 14.2 Å². The lowest BCUT2D eigenvalue weighted by atomic mass is 10.1. The second-order valence-corrected chi connectivity index (χ2v) is 5.13. The summed E-state index contributed by atoms with van der Waals surface area (Å²) in [4.78, 5) is 0. The Morgan fingerprint density at radius 2 is 1.95 bits per heavy atom. The van der Waals surface area contributed by atoms with Crippen molar-refractivity contribution in [3.05, 3.63) is 46.2 Å². The lowest BCUT2D eigenvalue weighted by Crippen LogP contribution is -2.17. The summed E-state index contributed by atoms with van der Waals surface area (Å²) in [5.74, 6) is 1.53. The Balaban J connectivity index is 1.99. The van der Waals surface area contributed by atoms with E-state index in [1.807, 2.05) is 12.1 Å². The van der Waals surface area contributed by atoms with Gasteiger partial charge in [0.05, 0.1) is 14.2 Å². The van der Waals surface area contributed by atoms with Crippen LogP contribution in [-0.2, 0) is 6.54 Å². The molecule has 3 nitrogen and oxygen atoms in total. The first kappa shape index (κ1) is 13.9. The summed E-state index contributed by atoms with van der Waals surface area (Å²) in [7, 11) is 3.30. The highest BCUT2D eigenvalue weighted by Crippen LogP contribution is 2.27. The maximum absolute atomic E-state index is 5.30. The number of benzene rings is 1. The second kappa shape index (κ2) is 6.59. The van der Waals surface area contributed by atoms with Crippen LogP contribution < -0.4 is 14.8 Å². The molecule has 1 aromatic heterocycles. The van der Waals surface area contributed by atoms with Crippen LogP contribution >= 0.6 is 11.3 Å². The maximum Gasteiger partial charge on any atom is 0.161 e. The van der Waals surface area contributed by atoms with Crippen LogP contribution in [0.5, 0.6) is 11.5 Å². The molecule has 102 valence electrons. The molecule has 0 spiro atoms. The molecular weight excluding hydrogens is 258 g/mol. The molecule has 4 heteroatoms. The number of methoxy groups -OCH3 is 2. The van der Waals surface area contributed by atoms with E-state index >= 15 is 0 Å². The fraction of sp³-hybridized carbons (Fsp3) is 0.333. The first-order valence-corrected chi connectivity index (χ1v) is 7.15. The van der Waals surface area contributed by atoms with Gasteiger partial charge in [0.2, 0.25) is 0 Å². The van der Waals surface area contributed by atoms with E-state index in [9.17, 15) is 0 Å². The third-order valence-corrected chi connectivity index (χ3v) is 3.80. The summed E-state index contributed by atoms with van der Waals surface area (Å²) >= 11 is 1.72. The molecule has 1 aromatic carbocycles. The zero-order valence-corrected chi connectivity index (χ0v) is 12.3. The number of rotatable bonds is 6. The van der Waals surface area contributed by atoms with Crippen molar-refractivity contribution in [2.24, 2.45) is 0 Å². The van der Waals surface area contributed by atoms with Crippen LogP contribution in [0.3, 0.4) is 0 Å². The molecule has 1 unspecified atom stereocenters. The van der Waals surface area contributed by atoms with Crippen molar-refractivity contribution in [2.45, 2.75) is 19.5 Å². The summed E-state index contributed by atoms with van der Waals surface area (Å²) in [5, 5.41) is 7.77. The van der Waals surface area contributed by atoms with Crippen molar-refractivity contribution in [3.63, 3.8) is 0 Å². The average molecular weight is 277 g/mol. The third-order valence-electron chi connectivity index (χ3n) is 3.10. The maximum atomic E-state index is 5.30. The van der Waals surface area contributed by atoms with E-state index < -0.39 is 0 Å². The minimum atomic E-state index is 0.347. The van der Waals surface area contributed by atoms with Gasteiger partial charge in [-0.3, -0.25) is 0 Å². The lowest BCUT2D eigenvalue weighted by molar-refractivity contribution is 0.354. The molecule has 1 atom stereocenters. The second-order valence-electron chi connectivity index (χ2n) is 4.35. The first-order valence-electron chi connectivity index (χ1n) is 6.21. The monoisotopic (exact) mass is 277 g/mol. The number of ether oxygens (including phenoxy) is 2. The Bertz CT molecular complexity index is 511. The van der Waals surface area contributed by atoms with Gasteiger partial charge >= 0.3 is 0 Å². The molecule has 0 aliphatic carbocycles. The number of thiophene rings is 1. The standard InChI is InChI=1S/C15H19NO2S/c1-11(13-6-7-19-10-13)16-9-12-4-5-14(17-2)15(8-12)18-3/h4-8,10-11,16H,9H2,1-3H3. The van der Waals surface area contributed by atoms with Crippen LogP contribution in [0.25, 0.3) is 0 Å². The predicted octanol–water partition coefficient (Wildman–Crippen LogP) is 3.62. The quantitative estimate of drug-likeness (QED) is 0.875. The van der Waals surface area contributed by atoms with E-state index in [4.69, 9.17) is 9.47 Å². The van der Waals surface area contributed by atoms with Gasteiger partial charge in [-0.2, -0.15) is 11.3 Å². The van der Waals surface area contributed by atoms with E-state index in [1.54, 1.807) is 25.6 Å². The normalized spacial score (nSPS) is 12.2. The Kier molecular flexibility index (Phi) is 4.82. The van der Waals surface area contributed by atoms with Gasteiger partial charge in [0.15, 0.2) is 11.5 Å². The van der Waals surface area contributed by atoms with Gasteiger partial charge < -0.3 is 14.8 Å². The first-order chi connectivity index (χ1) is 9.24. The number of nitrogens with one attached hydrogen (secondary N) is 1. The molecule has 2 aromatic rings. The van der Waals surface area contributed by atoms with Gasteiger partial charge in [0.1, 0.15) is 0 Å². The fourth-order valence-electron chi connectivity index (χ4n) is 1.90. The summed E-state index contributed by atoms with van der Waals surface area (Å²) in [6, 6.07) is 8.49. The Morgan fingerprint density at radius 3 is 2.58 bits per heavy atom. The van der Waals surface area contributed by atoms with E-state index in [0.29, 0.717) is 6.04 Å². The highest BCUT2D eigenvalue weighted by Gasteiger charge is 2.07. The van der Waals surface area contributed by atoms with Crippen LogP contribution in [0, 0.1) is 0 Å². The molecule has 0 saturated carbocycles. The van der Waals surface area contributed by atoms with Crippen LogP contribution in [0.4, 0.5) is 0 Å². The minimum absolute atomic E-state index is 0.347. The van der Waals surface area contributed by atoms with E-state index in [1.165, 1.54) is 11.1 Å². The summed E-state index contributed by atoms with van der Waals surface area (Å²) in [6.45, 7) is 2.97. The van der Waals surface area contributed by atoms with Gasteiger partial charge in [0, 0.05) is 12.6 Å². The summed E-state index contributed by atoms with van der Waals surface area (Å²) in [6.07, 6.45) is 0. The van der Waals surface area contributed by atoms with Crippen LogP contribution in [-0.4, -0.2) is 14.2 Å². The number of hydrogen-bond donors (Lipinski definition) is 1. The van der Waals surface area contributed by atoms with E-state index in [-0.39, 0.29) is 0 Å². The average Bonchev–Trinajstić information content (AvgIpc) is 2.98. The Hall–Kier alpha value is -1.52. The van der Waals surface area contributed by atoms with Crippen LogP contribution in [0.15, 0.2) is 35.0 Å². The number of hydrogen-bond acceptors (Lipinski definition) is 4. The molecule has 0 fully saturated rings. The van der Waals surface area contributed by atoms with Crippen molar-refractivity contribution in [1.82, 2.24) is 5.32 Å². The molecule has 0 bridgehead atoms. The highest BCUT2D eigenvalue weighted by atomic mass is 32.1. The molecule has 2 rings (SSSR count). The Labute approximate surface area is 118 Å². The largest absolute Gasteiger partial charge is 0.493 e. The topological polar surface area (TPSA) is 30.5 Å². The van der Waals surface area contributed by atoms with Crippen LogP contribution in [0.1, 0.15) is 24.1 Å². The zero-order chi connectivity index (χ0) is 13.7. The fourth-order valence-corrected chi connectivity index (χ4v) is 2.65. The smallest absolute Gasteiger partial charge is 0.161 e. The van der Waals surface area contributed by atoms with Crippen molar-refractivity contribution in [1.29, 1.82) is 0 Å². The lowest BCUT2D eigenvalue weighted by Gasteiger charge is -2.14. The third kappa shape index (κ3) is 3.49. The van der Waals surface area contributed by atoms with Gasteiger partial charge in [-0.05, 0) is 47.0 Å². The molecule has 0 saturated heterocycles. The van der Waals surface area contributed by atoms with Crippen LogP contribution in [0.2, 0.25) is 0 Å². The van der Waals surface area contributed by atoms with Crippen molar-refractivity contribution in [3.8, 4) is 11.5 Å². The molecule has 0 aliphatic heterocycles. The van der Waals surface area contributed by atoms with Gasteiger partial charge in [-0.1, -0.05) is 6.07 Å². The van der Waals surface area contributed by atoms with Crippen molar-refractivity contribution < 1.29 is 9.47 Å². The van der Waals surface area contributed by atoms with Crippen molar-refractivity contribution >= 4 is 11.3 Å². The summed E-state index contributed by atoms with van der Waals surface area (Å²) < 4.78 is 10.5.